The van der Waals surface area contributed by atoms with E-state index in [-0.39, 0.29) is 5.71 Å². The van der Waals surface area contributed by atoms with E-state index in [0.717, 1.165) is 16.7 Å². The number of esters is 1. The molecule has 0 bridgehead atoms. The maximum absolute atomic E-state index is 11.7. The maximum Gasteiger partial charge on any atom is 0.317 e. The summed E-state index contributed by atoms with van der Waals surface area (Å²) in [6, 6.07) is 17.9. The topological polar surface area (TPSA) is 70.4 Å². The molecule has 2 aromatic rings. The smallest absolute Gasteiger partial charge is 0.317 e. The van der Waals surface area contributed by atoms with Crippen LogP contribution in [-0.4, -0.2) is 30.0 Å². The van der Waals surface area contributed by atoms with E-state index in [9.17, 15) is 9.90 Å². The lowest BCUT2D eigenvalue weighted by Gasteiger charge is -2.18. The third-order valence-electron chi connectivity index (χ3n) is 3.77. The van der Waals surface area contributed by atoms with E-state index < -0.39 is 18.0 Å². The number of hydrogen-bond donors (Lipinski definition) is 2. The van der Waals surface area contributed by atoms with Crippen LogP contribution in [0.15, 0.2) is 54.6 Å². The highest BCUT2D eigenvalue weighted by molar-refractivity contribution is 6.02. The molecular weight excluding hydrogens is 290 g/mol. The van der Waals surface area contributed by atoms with Gasteiger partial charge in [0.1, 0.15) is 5.92 Å². The molecule has 0 aliphatic heterocycles. The number of benzene rings is 2. The van der Waals surface area contributed by atoms with E-state index in [2.05, 4.69) is 4.74 Å². The van der Waals surface area contributed by atoms with Crippen molar-refractivity contribution < 1.29 is 14.6 Å². The highest BCUT2D eigenvalue weighted by Crippen LogP contribution is 2.20. The predicted octanol–water partition coefficient (Wildman–Crippen LogP) is 3.09. The van der Waals surface area contributed by atoms with Crippen molar-refractivity contribution in [3.05, 3.63) is 60.2 Å². The van der Waals surface area contributed by atoms with E-state index in [4.69, 9.17) is 5.41 Å². The number of aliphatic hydroxyl groups excluding tert-OH is 1. The van der Waals surface area contributed by atoms with Gasteiger partial charge in [-0.15, -0.1) is 0 Å². The van der Waals surface area contributed by atoms with E-state index >= 15 is 0 Å². The van der Waals surface area contributed by atoms with Crippen molar-refractivity contribution in [3.8, 4) is 11.1 Å². The van der Waals surface area contributed by atoms with E-state index in [1.54, 1.807) is 0 Å². The lowest BCUT2D eigenvalue weighted by molar-refractivity contribution is -0.145. The minimum atomic E-state index is -0.946. The van der Waals surface area contributed by atoms with E-state index in [0.29, 0.717) is 6.42 Å². The summed E-state index contributed by atoms with van der Waals surface area (Å²) in [6.45, 7) is 1.49. The van der Waals surface area contributed by atoms with Crippen LogP contribution in [0.2, 0.25) is 0 Å². The van der Waals surface area contributed by atoms with Crippen molar-refractivity contribution in [1.29, 1.82) is 5.41 Å². The SMILES string of the molecule is COC(=O)C(C(=N)Cc1ccc(-c2ccccc2)cc1)C(C)O. The summed E-state index contributed by atoms with van der Waals surface area (Å²) in [5.41, 5.74) is 3.30. The first-order valence-corrected chi connectivity index (χ1v) is 7.50. The van der Waals surface area contributed by atoms with Crippen molar-refractivity contribution in [2.24, 2.45) is 5.92 Å². The zero-order chi connectivity index (χ0) is 16.8. The number of methoxy groups -OCH3 is 1. The first kappa shape index (κ1) is 16.9. The number of hydrogen-bond acceptors (Lipinski definition) is 4. The minimum Gasteiger partial charge on any atom is -0.468 e. The molecular formula is C19H21NO3. The first-order valence-electron chi connectivity index (χ1n) is 7.50. The van der Waals surface area contributed by atoms with Crippen LogP contribution in [0.5, 0.6) is 0 Å². The summed E-state index contributed by atoms with van der Waals surface area (Å²) in [5, 5.41) is 17.8. The quantitative estimate of drug-likeness (QED) is 0.636. The third kappa shape index (κ3) is 4.27. The minimum absolute atomic E-state index is 0.152. The summed E-state index contributed by atoms with van der Waals surface area (Å²) < 4.78 is 4.67. The average molecular weight is 311 g/mol. The van der Waals surface area contributed by atoms with Gasteiger partial charge in [-0.2, -0.15) is 0 Å². The number of rotatable bonds is 6. The molecule has 0 aliphatic rings. The maximum atomic E-state index is 11.7. The highest BCUT2D eigenvalue weighted by atomic mass is 16.5. The molecule has 0 saturated heterocycles. The zero-order valence-corrected chi connectivity index (χ0v) is 13.3. The molecule has 0 heterocycles. The van der Waals surface area contributed by atoms with Crippen molar-refractivity contribution in [1.82, 2.24) is 0 Å². The molecule has 0 fully saturated rings. The Morgan fingerprint density at radius 2 is 1.65 bits per heavy atom. The van der Waals surface area contributed by atoms with Crippen LogP contribution in [0.25, 0.3) is 11.1 Å². The van der Waals surface area contributed by atoms with Gasteiger partial charge in [0.15, 0.2) is 0 Å². The van der Waals surface area contributed by atoms with Gasteiger partial charge in [0.25, 0.3) is 0 Å². The summed E-state index contributed by atoms with van der Waals surface area (Å²) in [7, 11) is 1.26. The fourth-order valence-electron chi connectivity index (χ4n) is 2.53. The Bertz CT molecular complexity index is 663. The molecule has 0 spiro atoms. The van der Waals surface area contributed by atoms with Gasteiger partial charge in [-0.3, -0.25) is 4.79 Å². The van der Waals surface area contributed by atoms with Crippen LogP contribution < -0.4 is 0 Å². The molecule has 0 aromatic heterocycles. The largest absolute Gasteiger partial charge is 0.468 e. The highest BCUT2D eigenvalue weighted by Gasteiger charge is 2.29. The summed E-state index contributed by atoms with van der Waals surface area (Å²) in [5.74, 6) is -1.50. The van der Waals surface area contributed by atoms with Crippen LogP contribution >= 0.6 is 0 Å². The lowest BCUT2D eigenvalue weighted by atomic mass is 9.92. The van der Waals surface area contributed by atoms with Gasteiger partial charge in [0, 0.05) is 12.1 Å². The monoisotopic (exact) mass is 311 g/mol. The van der Waals surface area contributed by atoms with Crippen LogP contribution in [0.3, 0.4) is 0 Å². The number of aliphatic hydroxyl groups is 1. The van der Waals surface area contributed by atoms with Crippen LogP contribution in [0, 0.1) is 11.3 Å². The van der Waals surface area contributed by atoms with Gasteiger partial charge >= 0.3 is 5.97 Å². The second kappa shape index (κ2) is 7.70. The summed E-state index contributed by atoms with van der Waals surface area (Å²) in [6.07, 6.45) is -0.641. The molecule has 2 unspecified atom stereocenters. The molecule has 2 atom stereocenters. The Kier molecular flexibility index (Phi) is 5.66. The van der Waals surface area contributed by atoms with Gasteiger partial charge in [-0.1, -0.05) is 54.6 Å². The summed E-state index contributed by atoms with van der Waals surface area (Å²) >= 11 is 0. The van der Waals surface area contributed by atoms with Gasteiger partial charge in [0.05, 0.1) is 13.2 Å². The number of nitrogens with one attached hydrogen (secondary N) is 1. The Balaban J connectivity index is 2.11. The second-order valence-electron chi connectivity index (χ2n) is 5.51. The van der Waals surface area contributed by atoms with Crippen LogP contribution in [0.4, 0.5) is 0 Å². The van der Waals surface area contributed by atoms with Crippen molar-refractivity contribution in [3.63, 3.8) is 0 Å². The van der Waals surface area contributed by atoms with Crippen LogP contribution in [-0.2, 0) is 16.0 Å². The molecule has 0 aliphatic carbocycles. The molecule has 120 valence electrons. The fourth-order valence-corrected chi connectivity index (χ4v) is 2.53. The predicted molar refractivity (Wildman–Crippen MR) is 90.5 cm³/mol. The summed E-state index contributed by atoms with van der Waals surface area (Å²) in [4.78, 5) is 11.7. The molecule has 2 rings (SSSR count). The fraction of sp³-hybridized carbons (Fsp3) is 0.263. The standard InChI is InChI=1S/C19H21NO3/c1-13(21)18(19(22)23-2)17(20)12-14-8-10-16(11-9-14)15-6-4-3-5-7-15/h3-11,13,18,20-21H,12H2,1-2H3. The number of carbonyl (C=O) groups is 1. The lowest BCUT2D eigenvalue weighted by Crippen LogP contribution is -2.35. The van der Waals surface area contributed by atoms with Gasteiger partial charge in [0.2, 0.25) is 0 Å². The molecule has 0 amide bonds. The van der Waals surface area contributed by atoms with Crippen molar-refractivity contribution in [2.45, 2.75) is 19.4 Å². The number of ether oxygens (including phenoxy) is 1. The molecule has 23 heavy (non-hydrogen) atoms. The average Bonchev–Trinajstić information content (AvgIpc) is 2.56. The van der Waals surface area contributed by atoms with Crippen molar-refractivity contribution in [2.75, 3.05) is 7.11 Å². The second-order valence-corrected chi connectivity index (χ2v) is 5.51. The van der Waals surface area contributed by atoms with Crippen molar-refractivity contribution >= 4 is 11.7 Å². The molecule has 2 N–H and O–H groups in total. The Morgan fingerprint density at radius 3 is 2.17 bits per heavy atom. The Morgan fingerprint density at radius 1 is 1.09 bits per heavy atom. The molecule has 0 saturated carbocycles. The third-order valence-corrected chi connectivity index (χ3v) is 3.77. The van der Waals surface area contributed by atoms with Crippen LogP contribution in [0.1, 0.15) is 12.5 Å². The van der Waals surface area contributed by atoms with Gasteiger partial charge < -0.3 is 15.3 Å². The Hall–Kier alpha value is -2.46. The molecule has 4 heteroatoms. The van der Waals surface area contributed by atoms with Gasteiger partial charge in [-0.05, 0) is 23.6 Å². The normalized spacial score (nSPS) is 13.2. The first-order chi connectivity index (χ1) is 11.0. The zero-order valence-electron chi connectivity index (χ0n) is 13.3. The number of carbonyl (C=O) groups excluding carboxylic acids is 1. The van der Waals surface area contributed by atoms with Gasteiger partial charge in [-0.25, -0.2) is 0 Å². The van der Waals surface area contributed by atoms with E-state index in [1.807, 2.05) is 54.6 Å². The Labute approximate surface area is 136 Å². The molecule has 4 nitrogen and oxygen atoms in total. The van der Waals surface area contributed by atoms with E-state index in [1.165, 1.54) is 14.0 Å². The molecule has 2 aromatic carbocycles. The molecule has 0 radical (unpaired) electrons.